The van der Waals surface area contributed by atoms with Crippen molar-refractivity contribution >= 4 is 16.8 Å². The van der Waals surface area contributed by atoms with E-state index in [9.17, 15) is 4.79 Å². The number of rotatable bonds is 5. The van der Waals surface area contributed by atoms with Gasteiger partial charge in [-0.15, -0.1) is 0 Å². The zero-order valence-electron chi connectivity index (χ0n) is 20.0. The normalized spacial score (nSPS) is 19.5. The quantitative estimate of drug-likeness (QED) is 0.510. The number of benzene rings is 1. The monoisotopic (exact) mass is 432 g/mol. The van der Waals surface area contributed by atoms with E-state index in [4.69, 9.17) is 5.73 Å². The minimum Gasteiger partial charge on any atom is -0.354 e. The summed E-state index contributed by atoms with van der Waals surface area (Å²) < 4.78 is 0. The Morgan fingerprint density at radius 1 is 1.19 bits per heavy atom. The van der Waals surface area contributed by atoms with Gasteiger partial charge in [-0.2, -0.15) is 0 Å². The summed E-state index contributed by atoms with van der Waals surface area (Å²) >= 11 is 0. The number of aromatic nitrogens is 2. The van der Waals surface area contributed by atoms with Crippen molar-refractivity contribution in [2.75, 3.05) is 0 Å². The summed E-state index contributed by atoms with van der Waals surface area (Å²) in [6.45, 7) is 10.5. The molecular weight excluding hydrogens is 396 g/mol. The molecule has 1 aliphatic rings. The number of hydrogen-bond acceptors (Lipinski definition) is 3. The van der Waals surface area contributed by atoms with Crippen molar-refractivity contribution in [2.24, 2.45) is 5.73 Å². The number of carbonyl (C=O) groups is 1. The van der Waals surface area contributed by atoms with Gasteiger partial charge in [0.15, 0.2) is 0 Å². The number of fused-ring (bicyclic) bond motifs is 1. The molecule has 2 aromatic heterocycles. The van der Waals surface area contributed by atoms with Gasteiger partial charge in [-0.25, -0.2) is 0 Å². The number of carbonyl (C=O) groups excluding carboxylic acids is 1. The fraction of sp³-hybridized carbons (Fsp3) is 0.481. The minimum absolute atomic E-state index is 0.0471. The zero-order valence-corrected chi connectivity index (χ0v) is 20.0. The molecule has 0 unspecified atom stereocenters. The predicted octanol–water partition coefficient (Wildman–Crippen LogP) is 5.33. The second-order valence-corrected chi connectivity index (χ2v) is 10.2. The van der Waals surface area contributed by atoms with Crippen LogP contribution in [-0.4, -0.2) is 28.0 Å². The van der Waals surface area contributed by atoms with Gasteiger partial charge < -0.3 is 16.0 Å². The first-order chi connectivity index (χ1) is 15.2. The Kier molecular flexibility index (Phi) is 6.13. The van der Waals surface area contributed by atoms with Crippen LogP contribution in [0.1, 0.15) is 76.1 Å². The fourth-order valence-corrected chi connectivity index (χ4v) is 4.95. The highest BCUT2D eigenvalue weighted by atomic mass is 16.2. The van der Waals surface area contributed by atoms with E-state index in [0.717, 1.165) is 53.7 Å². The van der Waals surface area contributed by atoms with Gasteiger partial charge in [0, 0.05) is 40.4 Å². The summed E-state index contributed by atoms with van der Waals surface area (Å²) in [5, 5.41) is 4.43. The lowest BCUT2D eigenvalue weighted by molar-refractivity contribution is -0.126. The first-order valence-corrected chi connectivity index (χ1v) is 11.8. The van der Waals surface area contributed by atoms with Gasteiger partial charge in [0.1, 0.15) is 0 Å². The van der Waals surface area contributed by atoms with Crippen LogP contribution in [0.2, 0.25) is 0 Å². The third-order valence-corrected chi connectivity index (χ3v) is 7.03. The van der Waals surface area contributed by atoms with Crippen molar-refractivity contribution in [3.8, 4) is 11.3 Å². The number of H-pyrrole nitrogens is 1. The molecule has 1 saturated carbocycles. The molecule has 4 rings (SSSR count). The van der Waals surface area contributed by atoms with Crippen molar-refractivity contribution in [3.63, 3.8) is 0 Å². The average Bonchev–Trinajstić information content (AvgIpc) is 3.14. The first-order valence-electron chi connectivity index (χ1n) is 11.8. The van der Waals surface area contributed by atoms with Gasteiger partial charge in [-0.05, 0) is 74.9 Å². The Morgan fingerprint density at radius 3 is 2.62 bits per heavy atom. The summed E-state index contributed by atoms with van der Waals surface area (Å²) in [6.07, 6.45) is 6.08. The van der Waals surface area contributed by atoms with Crippen LogP contribution in [0.5, 0.6) is 0 Å². The summed E-state index contributed by atoms with van der Waals surface area (Å²) in [7, 11) is 0. The molecule has 1 amide bonds. The summed E-state index contributed by atoms with van der Waals surface area (Å²) in [5.41, 5.74) is 12.3. The summed E-state index contributed by atoms with van der Waals surface area (Å²) in [6, 6.07) is 10.7. The third kappa shape index (κ3) is 4.18. The topological polar surface area (TPSA) is 83.8 Å². The van der Waals surface area contributed by atoms with Gasteiger partial charge >= 0.3 is 0 Å². The molecule has 1 aliphatic carbocycles. The molecule has 170 valence electrons. The Hall–Kier alpha value is -2.66. The Bertz CT molecular complexity index is 1130. The van der Waals surface area contributed by atoms with Crippen LogP contribution in [0.25, 0.3) is 22.2 Å². The van der Waals surface area contributed by atoms with Gasteiger partial charge in [0.05, 0.1) is 11.1 Å². The highest BCUT2D eigenvalue weighted by Gasteiger charge is 2.34. The second kappa shape index (κ2) is 8.70. The fourth-order valence-electron chi connectivity index (χ4n) is 4.95. The molecule has 5 nitrogen and oxygen atoms in total. The molecule has 1 aromatic carbocycles. The van der Waals surface area contributed by atoms with Gasteiger partial charge in [-0.1, -0.05) is 32.8 Å². The second-order valence-electron chi connectivity index (χ2n) is 10.2. The Balaban J connectivity index is 1.72. The minimum atomic E-state index is -0.649. The van der Waals surface area contributed by atoms with Crippen LogP contribution in [0.15, 0.2) is 36.5 Å². The molecule has 2 atom stereocenters. The maximum absolute atomic E-state index is 13.3. The van der Waals surface area contributed by atoms with Crippen LogP contribution in [-0.2, 0) is 10.2 Å². The predicted molar refractivity (Wildman–Crippen MR) is 132 cm³/mol. The van der Waals surface area contributed by atoms with E-state index in [2.05, 4.69) is 59.5 Å². The number of nitrogens with one attached hydrogen (secondary N) is 2. The molecule has 3 aromatic rings. The molecule has 0 bridgehead atoms. The molecule has 0 spiro atoms. The first kappa shape index (κ1) is 22.5. The number of nitrogens with zero attached hydrogens (tertiary/aromatic N) is 1. The van der Waals surface area contributed by atoms with Crippen LogP contribution in [0.4, 0.5) is 0 Å². The third-order valence-electron chi connectivity index (χ3n) is 7.03. The molecule has 1 fully saturated rings. The van der Waals surface area contributed by atoms with Crippen LogP contribution < -0.4 is 11.1 Å². The molecule has 0 radical (unpaired) electrons. The van der Waals surface area contributed by atoms with Gasteiger partial charge in [0.2, 0.25) is 5.91 Å². The summed E-state index contributed by atoms with van der Waals surface area (Å²) in [4.78, 5) is 21.3. The van der Waals surface area contributed by atoms with Crippen molar-refractivity contribution in [1.82, 2.24) is 15.3 Å². The molecule has 4 N–H and O–H groups in total. The van der Waals surface area contributed by atoms with Crippen molar-refractivity contribution in [3.05, 3.63) is 53.3 Å². The van der Waals surface area contributed by atoms with Crippen LogP contribution in [0.3, 0.4) is 0 Å². The van der Waals surface area contributed by atoms with Crippen molar-refractivity contribution < 1.29 is 4.79 Å². The number of hydrogen-bond donors (Lipinski definition) is 3. The summed E-state index contributed by atoms with van der Waals surface area (Å²) in [5.74, 6) is 0.380. The largest absolute Gasteiger partial charge is 0.354 e. The highest BCUT2D eigenvalue weighted by molar-refractivity contribution is 5.94. The average molecular weight is 433 g/mol. The number of aryl methyl sites for hydroxylation is 1. The SMILES string of the molecule is Cc1cc(-c2[nH]c3ccc(C(C)(C)C(=O)N[C@@H]4CCCC[C@H]4N)cc3c2C(C)C)ccn1. The van der Waals surface area contributed by atoms with Gasteiger partial charge in [-0.3, -0.25) is 9.78 Å². The Morgan fingerprint density at radius 2 is 1.94 bits per heavy atom. The van der Waals surface area contributed by atoms with Crippen molar-refractivity contribution in [2.45, 2.75) is 83.7 Å². The molecule has 2 heterocycles. The van der Waals surface area contributed by atoms with Gasteiger partial charge in [0.25, 0.3) is 0 Å². The standard InChI is InChI=1S/C27H36N4O/c1-16(2)24-20-15-19(27(4,5)26(32)31-23-9-7-6-8-21(23)28)10-11-22(20)30-25(24)18-12-13-29-17(3)14-18/h10-16,21,23,30H,6-9,28H2,1-5H3,(H,31,32)/t21-,23-/m1/s1. The van der Waals surface area contributed by atoms with Crippen LogP contribution >= 0.6 is 0 Å². The van der Waals surface area contributed by atoms with E-state index in [1.807, 2.05) is 27.0 Å². The van der Waals surface area contributed by atoms with Crippen molar-refractivity contribution in [1.29, 1.82) is 0 Å². The lowest BCUT2D eigenvalue weighted by Gasteiger charge is -2.33. The smallest absolute Gasteiger partial charge is 0.230 e. The zero-order chi connectivity index (χ0) is 23.0. The molecule has 32 heavy (non-hydrogen) atoms. The molecular formula is C27H36N4O. The molecule has 5 heteroatoms. The maximum Gasteiger partial charge on any atom is 0.230 e. The number of aromatic amines is 1. The van der Waals surface area contributed by atoms with E-state index in [0.29, 0.717) is 5.92 Å². The molecule has 0 aliphatic heterocycles. The van der Waals surface area contributed by atoms with E-state index >= 15 is 0 Å². The Labute approximate surface area is 191 Å². The maximum atomic E-state index is 13.3. The lowest BCUT2D eigenvalue weighted by atomic mass is 9.81. The number of pyridine rings is 1. The van der Waals surface area contributed by atoms with Crippen LogP contribution in [0, 0.1) is 6.92 Å². The highest BCUT2D eigenvalue weighted by Crippen LogP contribution is 2.38. The van der Waals surface area contributed by atoms with E-state index in [1.165, 1.54) is 10.9 Å². The number of nitrogens with two attached hydrogens (primary N) is 1. The molecule has 0 saturated heterocycles. The lowest BCUT2D eigenvalue weighted by Crippen LogP contribution is -2.53. The van der Waals surface area contributed by atoms with E-state index < -0.39 is 5.41 Å². The van der Waals surface area contributed by atoms with E-state index in [1.54, 1.807) is 0 Å². The number of amides is 1. The van der Waals surface area contributed by atoms with E-state index in [-0.39, 0.29) is 18.0 Å².